The van der Waals surface area contributed by atoms with Crippen LogP contribution in [0.15, 0.2) is 48.5 Å². The minimum Gasteiger partial charge on any atom is -0.490 e. The Morgan fingerprint density at radius 2 is 1.56 bits per heavy atom. The van der Waals surface area contributed by atoms with E-state index in [1.165, 1.54) is 0 Å². The maximum atomic E-state index is 11.9. The number of para-hydroxylation sites is 2. The van der Waals surface area contributed by atoms with Crippen molar-refractivity contribution in [1.82, 2.24) is 0 Å². The number of nitrogens with zero attached hydrogens (tertiary/aromatic N) is 1. The van der Waals surface area contributed by atoms with Gasteiger partial charge in [0.15, 0.2) is 24.7 Å². The number of nitrogens with one attached hydrogen (secondary N) is 1. The molecule has 7 nitrogen and oxygen atoms in total. The fraction of sp³-hybridized carbons (Fsp3) is 0.300. The third-order valence-corrected chi connectivity index (χ3v) is 3.53. The summed E-state index contributed by atoms with van der Waals surface area (Å²) in [5, 5.41) is 2.67. The highest BCUT2D eigenvalue weighted by Crippen LogP contribution is 2.26. The second kappa shape index (κ2) is 10.1. The Morgan fingerprint density at radius 1 is 0.926 bits per heavy atom. The Morgan fingerprint density at radius 3 is 2.15 bits per heavy atom. The molecule has 2 aromatic rings. The lowest BCUT2D eigenvalue weighted by atomic mass is 10.2. The van der Waals surface area contributed by atoms with Crippen LogP contribution in [0.4, 0.5) is 11.4 Å². The maximum absolute atomic E-state index is 11.9. The average molecular weight is 372 g/mol. The van der Waals surface area contributed by atoms with E-state index >= 15 is 0 Å². The van der Waals surface area contributed by atoms with Crippen LogP contribution in [0.5, 0.6) is 11.5 Å². The van der Waals surface area contributed by atoms with Crippen molar-refractivity contribution in [2.75, 3.05) is 44.1 Å². The molecule has 0 fully saturated rings. The molecule has 1 N–H and O–H groups in total. The number of hydrogen-bond acceptors (Lipinski definition) is 6. The van der Waals surface area contributed by atoms with Gasteiger partial charge in [0.05, 0.1) is 6.61 Å². The third-order valence-electron chi connectivity index (χ3n) is 3.53. The molecule has 0 aliphatic heterocycles. The van der Waals surface area contributed by atoms with Crippen LogP contribution in [-0.2, 0) is 14.3 Å². The number of esters is 1. The number of rotatable bonds is 9. The summed E-state index contributed by atoms with van der Waals surface area (Å²) >= 11 is 0. The molecule has 144 valence electrons. The van der Waals surface area contributed by atoms with Crippen molar-refractivity contribution < 1.29 is 23.8 Å². The van der Waals surface area contributed by atoms with Crippen molar-refractivity contribution in [2.45, 2.75) is 6.92 Å². The molecule has 1 amide bonds. The van der Waals surface area contributed by atoms with Crippen LogP contribution in [0, 0.1) is 0 Å². The van der Waals surface area contributed by atoms with Gasteiger partial charge >= 0.3 is 5.97 Å². The smallest absolute Gasteiger partial charge is 0.344 e. The zero-order valence-electron chi connectivity index (χ0n) is 15.7. The van der Waals surface area contributed by atoms with Crippen molar-refractivity contribution in [3.8, 4) is 11.5 Å². The van der Waals surface area contributed by atoms with Crippen LogP contribution in [0.25, 0.3) is 0 Å². The molecule has 7 heteroatoms. The van der Waals surface area contributed by atoms with Crippen molar-refractivity contribution in [1.29, 1.82) is 0 Å². The molecular formula is C20H24N2O5. The van der Waals surface area contributed by atoms with Crippen molar-refractivity contribution in [3.05, 3.63) is 48.5 Å². The number of ether oxygens (including phenoxy) is 3. The Bertz CT molecular complexity index is 759. The molecule has 0 saturated carbocycles. The van der Waals surface area contributed by atoms with Crippen LogP contribution in [-0.4, -0.2) is 45.8 Å². The molecule has 2 aromatic carbocycles. The molecule has 2 rings (SSSR count). The number of anilines is 2. The van der Waals surface area contributed by atoms with Crippen LogP contribution in [0.1, 0.15) is 6.92 Å². The zero-order valence-corrected chi connectivity index (χ0v) is 15.7. The highest BCUT2D eigenvalue weighted by molar-refractivity contribution is 5.93. The monoisotopic (exact) mass is 372 g/mol. The Labute approximate surface area is 158 Å². The number of amides is 1. The molecule has 0 aromatic heterocycles. The van der Waals surface area contributed by atoms with Gasteiger partial charge in [-0.2, -0.15) is 0 Å². The Hall–Kier alpha value is -3.22. The van der Waals surface area contributed by atoms with Crippen molar-refractivity contribution in [3.63, 3.8) is 0 Å². The van der Waals surface area contributed by atoms with Gasteiger partial charge in [0.1, 0.15) is 0 Å². The van der Waals surface area contributed by atoms with E-state index < -0.39 is 11.9 Å². The first-order valence-corrected chi connectivity index (χ1v) is 8.57. The lowest BCUT2D eigenvalue weighted by molar-refractivity contribution is -0.149. The predicted octanol–water partition coefficient (Wildman–Crippen LogP) is 2.71. The van der Waals surface area contributed by atoms with Crippen LogP contribution < -0.4 is 19.7 Å². The standard InChI is InChI=1S/C20H24N2O5/c1-4-25-17-7-5-6-8-18(17)26-14-20(24)27-13-19(23)21-15-9-11-16(12-10-15)22(2)3/h5-12H,4,13-14H2,1-3H3,(H,21,23). The molecule has 0 heterocycles. The van der Waals surface area contributed by atoms with E-state index in [0.717, 1.165) is 5.69 Å². The van der Waals surface area contributed by atoms with E-state index in [-0.39, 0.29) is 13.2 Å². The molecule has 27 heavy (non-hydrogen) atoms. The maximum Gasteiger partial charge on any atom is 0.344 e. The van der Waals surface area contributed by atoms with Crippen LogP contribution >= 0.6 is 0 Å². The van der Waals surface area contributed by atoms with Crippen LogP contribution in [0.3, 0.4) is 0 Å². The third kappa shape index (κ3) is 6.54. The molecule has 0 atom stereocenters. The van der Waals surface area contributed by atoms with Gasteiger partial charge in [0.2, 0.25) is 0 Å². The minimum atomic E-state index is -0.639. The second-order valence-electron chi connectivity index (χ2n) is 5.82. The van der Waals surface area contributed by atoms with Gasteiger partial charge in [-0.3, -0.25) is 4.79 Å². The van der Waals surface area contributed by atoms with Gasteiger partial charge in [-0.1, -0.05) is 12.1 Å². The highest BCUT2D eigenvalue weighted by Gasteiger charge is 2.11. The Kier molecular flexibility index (Phi) is 7.49. The van der Waals surface area contributed by atoms with E-state index in [1.807, 2.05) is 44.1 Å². The number of carbonyl (C=O) groups is 2. The van der Waals surface area contributed by atoms with E-state index in [1.54, 1.807) is 30.3 Å². The molecule has 0 bridgehead atoms. The molecule has 0 aliphatic carbocycles. The first-order chi connectivity index (χ1) is 13.0. The number of carbonyl (C=O) groups excluding carboxylic acids is 2. The molecule has 0 spiro atoms. The summed E-state index contributed by atoms with van der Waals surface area (Å²) in [5.41, 5.74) is 1.65. The summed E-state index contributed by atoms with van der Waals surface area (Å²) < 4.78 is 15.7. The quantitative estimate of drug-likeness (QED) is 0.682. The SMILES string of the molecule is CCOc1ccccc1OCC(=O)OCC(=O)Nc1ccc(N(C)C)cc1. The molecule has 0 radical (unpaired) electrons. The second-order valence-corrected chi connectivity index (χ2v) is 5.82. The van der Waals surface area contributed by atoms with Gasteiger partial charge in [0, 0.05) is 25.5 Å². The van der Waals surface area contributed by atoms with Gasteiger partial charge in [0.25, 0.3) is 5.91 Å². The van der Waals surface area contributed by atoms with Crippen molar-refractivity contribution in [2.24, 2.45) is 0 Å². The summed E-state index contributed by atoms with van der Waals surface area (Å²) in [6.07, 6.45) is 0. The largest absolute Gasteiger partial charge is 0.490 e. The normalized spacial score (nSPS) is 10.0. The molecule has 0 unspecified atom stereocenters. The lowest BCUT2D eigenvalue weighted by Crippen LogP contribution is -2.23. The summed E-state index contributed by atoms with van der Waals surface area (Å²) in [6, 6.07) is 14.4. The lowest BCUT2D eigenvalue weighted by Gasteiger charge is -2.13. The molecule has 0 saturated heterocycles. The Balaban J connectivity index is 1.75. The predicted molar refractivity (Wildman–Crippen MR) is 103 cm³/mol. The number of hydrogen-bond donors (Lipinski definition) is 1. The van der Waals surface area contributed by atoms with Crippen LogP contribution in [0.2, 0.25) is 0 Å². The van der Waals surface area contributed by atoms with Gasteiger partial charge in [-0.25, -0.2) is 4.79 Å². The van der Waals surface area contributed by atoms with E-state index in [0.29, 0.717) is 23.8 Å². The number of benzene rings is 2. The zero-order chi connectivity index (χ0) is 19.6. The summed E-state index contributed by atoms with van der Waals surface area (Å²) in [7, 11) is 3.86. The van der Waals surface area contributed by atoms with Crippen molar-refractivity contribution >= 4 is 23.3 Å². The summed E-state index contributed by atoms with van der Waals surface area (Å²) in [4.78, 5) is 25.6. The first-order valence-electron chi connectivity index (χ1n) is 8.57. The first kappa shape index (κ1) is 20.1. The van der Waals surface area contributed by atoms with E-state index in [9.17, 15) is 9.59 Å². The molecule has 0 aliphatic rings. The molecular weight excluding hydrogens is 348 g/mol. The van der Waals surface area contributed by atoms with E-state index in [4.69, 9.17) is 14.2 Å². The summed E-state index contributed by atoms with van der Waals surface area (Å²) in [6.45, 7) is 1.65. The fourth-order valence-corrected chi connectivity index (χ4v) is 2.21. The average Bonchev–Trinajstić information content (AvgIpc) is 2.66. The fourth-order valence-electron chi connectivity index (χ4n) is 2.21. The van der Waals surface area contributed by atoms with Gasteiger partial charge in [-0.05, 0) is 43.3 Å². The highest BCUT2D eigenvalue weighted by atomic mass is 16.6. The summed E-state index contributed by atoms with van der Waals surface area (Å²) in [5.74, 6) is -0.0662. The van der Waals surface area contributed by atoms with E-state index in [2.05, 4.69) is 5.32 Å². The minimum absolute atomic E-state index is 0.311. The topological polar surface area (TPSA) is 77.1 Å². The van der Waals surface area contributed by atoms with Gasteiger partial charge < -0.3 is 24.4 Å². The van der Waals surface area contributed by atoms with Gasteiger partial charge in [-0.15, -0.1) is 0 Å².